The van der Waals surface area contributed by atoms with Crippen molar-refractivity contribution in [2.75, 3.05) is 0 Å². The number of hydroxylamine groups is 2. The van der Waals surface area contributed by atoms with Gasteiger partial charge in [0.1, 0.15) is 4.48 Å². The molecule has 1 heterocycles. The third kappa shape index (κ3) is 1.54. The monoisotopic (exact) mass is 231 g/mol. The van der Waals surface area contributed by atoms with Crippen molar-refractivity contribution < 1.29 is 4.92 Å². The Morgan fingerprint density at radius 1 is 1.67 bits per heavy atom. The summed E-state index contributed by atoms with van der Waals surface area (Å²) in [5, 5.41) is 21.6. The first-order valence-electron chi connectivity index (χ1n) is 2.91. The number of halogens is 1. The Morgan fingerprint density at radius 2 is 2.25 bits per heavy atom. The van der Waals surface area contributed by atoms with E-state index in [1.165, 1.54) is 0 Å². The molecule has 0 fully saturated rings. The van der Waals surface area contributed by atoms with E-state index in [-0.39, 0.29) is 15.9 Å². The molecule has 1 aliphatic rings. The van der Waals surface area contributed by atoms with Crippen molar-refractivity contribution in [1.82, 2.24) is 5.06 Å². The van der Waals surface area contributed by atoms with Gasteiger partial charge in [0.25, 0.3) is 5.70 Å². The van der Waals surface area contributed by atoms with Gasteiger partial charge in [-0.05, 0) is 15.9 Å². The Kier molecular flexibility index (Phi) is 2.30. The van der Waals surface area contributed by atoms with Crippen LogP contribution in [0.15, 0.2) is 34.7 Å². The predicted octanol–water partition coefficient (Wildman–Crippen LogP) is 1.71. The molecule has 0 saturated heterocycles. The van der Waals surface area contributed by atoms with Crippen LogP contribution in [0.5, 0.6) is 0 Å². The predicted molar refractivity (Wildman–Crippen MR) is 46.4 cm³/mol. The van der Waals surface area contributed by atoms with Crippen LogP contribution in [-0.2, 0) is 0 Å². The number of allylic oxidation sites excluding steroid dienone is 2. The van der Waals surface area contributed by atoms with Crippen molar-refractivity contribution in [2.24, 2.45) is 0 Å². The summed E-state index contributed by atoms with van der Waals surface area (Å²) in [5.41, 5.74) is -0.114. The Labute approximate surface area is 76.5 Å². The molecule has 0 atom stereocenters. The van der Waals surface area contributed by atoms with Crippen LogP contribution in [0, 0.1) is 15.3 Å². The zero-order chi connectivity index (χ0) is 9.30. The van der Waals surface area contributed by atoms with Gasteiger partial charge in [-0.1, -0.05) is 6.58 Å². The van der Waals surface area contributed by atoms with Gasteiger partial charge < -0.3 is 10.3 Å². The van der Waals surface area contributed by atoms with E-state index in [0.717, 1.165) is 12.3 Å². The molecule has 6 heteroatoms. The van der Waals surface area contributed by atoms with Gasteiger partial charge in [0.05, 0.1) is 4.92 Å². The van der Waals surface area contributed by atoms with Crippen LogP contribution in [0.3, 0.4) is 0 Å². The van der Waals surface area contributed by atoms with E-state index in [1.807, 2.05) is 0 Å². The molecule has 0 saturated carbocycles. The van der Waals surface area contributed by atoms with E-state index < -0.39 is 4.92 Å². The molecule has 0 unspecified atom stereocenters. The fraction of sp³-hybridized carbons (Fsp3) is 0. The number of rotatable bonds is 1. The maximum Gasteiger partial charge on any atom is 0.286 e. The molecular formula is C6H4BrN2O3-. The quantitative estimate of drug-likeness (QED) is 0.509. The second-order valence-corrected chi connectivity index (χ2v) is 2.94. The van der Waals surface area contributed by atoms with Crippen LogP contribution in [0.25, 0.3) is 0 Å². The van der Waals surface area contributed by atoms with E-state index in [9.17, 15) is 15.3 Å². The fourth-order valence-corrected chi connectivity index (χ4v) is 1.13. The van der Waals surface area contributed by atoms with Crippen molar-refractivity contribution in [1.29, 1.82) is 0 Å². The number of nitro groups is 1. The molecule has 0 aromatic heterocycles. The van der Waals surface area contributed by atoms with Crippen molar-refractivity contribution in [2.45, 2.75) is 0 Å². The van der Waals surface area contributed by atoms with Gasteiger partial charge in [0, 0.05) is 18.0 Å². The minimum absolute atomic E-state index is 0.0462. The summed E-state index contributed by atoms with van der Waals surface area (Å²) in [6.45, 7) is 3.33. The smallest absolute Gasteiger partial charge is 0.286 e. The zero-order valence-electron chi connectivity index (χ0n) is 5.86. The van der Waals surface area contributed by atoms with Crippen molar-refractivity contribution in [3.63, 3.8) is 0 Å². The third-order valence-corrected chi connectivity index (χ3v) is 1.87. The molecule has 0 amide bonds. The van der Waals surface area contributed by atoms with E-state index in [1.54, 1.807) is 0 Å². The topological polar surface area (TPSA) is 69.4 Å². The summed E-state index contributed by atoms with van der Waals surface area (Å²) >= 11 is 2.89. The minimum atomic E-state index is -0.585. The Balaban J connectivity index is 3.04. The lowest BCUT2D eigenvalue weighted by Gasteiger charge is -2.28. The van der Waals surface area contributed by atoms with Crippen molar-refractivity contribution in [3.05, 3.63) is 50.1 Å². The summed E-state index contributed by atoms with van der Waals surface area (Å²) in [5.74, 6) is 0. The maximum atomic E-state index is 10.8. The first kappa shape index (κ1) is 8.95. The van der Waals surface area contributed by atoms with Crippen molar-refractivity contribution >= 4 is 15.9 Å². The number of hydrogen-bond acceptors (Lipinski definition) is 4. The minimum Gasteiger partial charge on any atom is -0.754 e. The summed E-state index contributed by atoms with van der Waals surface area (Å²) in [6.07, 6.45) is 2.16. The molecular weight excluding hydrogens is 228 g/mol. The Hall–Kier alpha value is -1.14. The lowest BCUT2D eigenvalue weighted by molar-refractivity contribution is -0.419. The normalized spacial score (nSPS) is 17.2. The summed E-state index contributed by atoms with van der Waals surface area (Å²) in [4.78, 5) is 9.74. The number of hydrogen-bond donors (Lipinski definition) is 0. The molecule has 0 aromatic carbocycles. The second-order valence-electron chi connectivity index (χ2n) is 2.08. The van der Waals surface area contributed by atoms with Gasteiger partial charge >= 0.3 is 0 Å². The Morgan fingerprint density at radius 3 is 2.75 bits per heavy atom. The van der Waals surface area contributed by atoms with Crippen LogP contribution in [0.4, 0.5) is 0 Å². The van der Waals surface area contributed by atoms with Gasteiger partial charge in [0.15, 0.2) is 0 Å². The van der Waals surface area contributed by atoms with Gasteiger partial charge in [-0.25, -0.2) is 0 Å². The summed E-state index contributed by atoms with van der Waals surface area (Å²) < 4.78 is 0.148. The average molecular weight is 232 g/mol. The second kappa shape index (κ2) is 3.08. The molecule has 64 valence electrons. The molecule has 1 rings (SSSR count). The largest absolute Gasteiger partial charge is 0.754 e. The highest BCUT2D eigenvalue weighted by Crippen LogP contribution is 2.25. The Bertz CT molecular complexity index is 308. The maximum absolute atomic E-state index is 10.8. The fourth-order valence-electron chi connectivity index (χ4n) is 0.682. The van der Waals surface area contributed by atoms with E-state index in [2.05, 4.69) is 22.5 Å². The first-order valence-corrected chi connectivity index (χ1v) is 3.70. The van der Waals surface area contributed by atoms with Crippen LogP contribution in [-0.4, -0.2) is 9.99 Å². The van der Waals surface area contributed by atoms with Crippen molar-refractivity contribution in [3.8, 4) is 0 Å². The molecule has 5 nitrogen and oxygen atoms in total. The lowest BCUT2D eigenvalue weighted by Crippen LogP contribution is -2.13. The summed E-state index contributed by atoms with van der Waals surface area (Å²) in [6, 6.07) is 0. The highest BCUT2D eigenvalue weighted by molar-refractivity contribution is 9.11. The standard InChI is InChI=1S/C6H4BrN2O3/c1-4-2-6(9(11)12)5(7)3-8(4)10/h2-3H,1H2/q-1. The van der Waals surface area contributed by atoms with Crippen LogP contribution < -0.4 is 0 Å². The van der Waals surface area contributed by atoms with E-state index >= 15 is 0 Å². The number of nitrogens with zero attached hydrogens (tertiary/aromatic N) is 2. The zero-order valence-corrected chi connectivity index (χ0v) is 7.44. The molecule has 0 spiro atoms. The highest BCUT2D eigenvalue weighted by Gasteiger charge is 2.19. The molecule has 1 aliphatic heterocycles. The van der Waals surface area contributed by atoms with Gasteiger partial charge in [-0.15, -0.1) is 0 Å². The molecule has 0 aliphatic carbocycles. The van der Waals surface area contributed by atoms with Gasteiger partial charge in [0.2, 0.25) is 0 Å². The third-order valence-electron chi connectivity index (χ3n) is 1.26. The summed E-state index contributed by atoms with van der Waals surface area (Å²) in [7, 11) is 0. The average Bonchev–Trinajstić information content (AvgIpc) is 1.96. The van der Waals surface area contributed by atoms with Crippen LogP contribution in [0.1, 0.15) is 0 Å². The molecule has 0 bridgehead atoms. The highest BCUT2D eigenvalue weighted by atomic mass is 79.9. The first-order chi connectivity index (χ1) is 5.52. The SMILES string of the molecule is C=C1C=C([N+](=O)[O-])C(Br)=CN1[O-]. The molecule has 0 aromatic rings. The van der Waals surface area contributed by atoms with Gasteiger partial charge in [-0.2, -0.15) is 0 Å². The molecule has 12 heavy (non-hydrogen) atoms. The van der Waals surface area contributed by atoms with Crippen LogP contribution >= 0.6 is 15.9 Å². The molecule has 0 N–H and O–H groups in total. The lowest BCUT2D eigenvalue weighted by atomic mass is 10.3. The van der Waals surface area contributed by atoms with E-state index in [0.29, 0.717) is 5.06 Å². The van der Waals surface area contributed by atoms with Crippen LogP contribution in [0.2, 0.25) is 0 Å². The molecule has 0 radical (unpaired) electrons. The van der Waals surface area contributed by atoms with E-state index in [4.69, 9.17) is 0 Å². The van der Waals surface area contributed by atoms with Gasteiger partial charge in [-0.3, -0.25) is 10.1 Å².